The van der Waals surface area contributed by atoms with Gasteiger partial charge in [-0.05, 0) is 47.9 Å². The van der Waals surface area contributed by atoms with Crippen molar-refractivity contribution in [1.82, 2.24) is 4.98 Å². The fraction of sp³-hybridized carbons (Fsp3) is 0. The van der Waals surface area contributed by atoms with Crippen molar-refractivity contribution in [2.75, 3.05) is 0 Å². The van der Waals surface area contributed by atoms with Crippen LogP contribution in [0.3, 0.4) is 0 Å². The molecule has 1 aromatic carbocycles. The number of thioether (sulfide) groups is 1. The van der Waals surface area contributed by atoms with Gasteiger partial charge in [0.25, 0.3) is 0 Å². The summed E-state index contributed by atoms with van der Waals surface area (Å²) in [6, 6.07) is 13.0. The van der Waals surface area contributed by atoms with Gasteiger partial charge in [0.15, 0.2) is 5.78 Å². The quantitative estimate of drug-likeness (QED) is 0.477. The number of halogens is 1. The lowest BCUT2D eigenvalue weighted by molar-refractivity contribution is 0.104. The van der Waals surface area contributed by atoms with E-state index in [0.717, 1.165) is 9.50 Å². The van der Waals surface area contributed by atoms with Crippen molar-refractivity contribution in [3.05, 3.63) is 70.2 Å². The van der Waals surface area contributed by atoms with Crippen LogP contribution in [-0.2, 0) is 0 Å². The van der Waals surface area contributed by atoms with Gasteiger partial charge in [0.05, 0.1) is 0 Å². The van der Waals surface area contributed by atoms with E-state index >= 15 is 0 Å². The van der Waals surface area contributed by atoms with E-state index in [-0.39, 0.29) is 5.78 Å². The topological polar surface area (TPSA) is 30.0 Å². The van der Waals surface area contributed by atoms with Gasteiger partial charge >= 0.3 is 0 Å². The largest absolute Gasteiger partial charge is 0.289 e. The first-order valence-electron chi connectivity index (χ1n) is 5.30. The summed E-state index contributed by atoms with van der Waals surface area (Å²) in [6.07, 6.45) is 3.29. The zero-order valence-electron chi connectivity index (χ0n) is 9.42. The molecular weight excluding hydrogens is 310 g/mol. The monoisotopic (exact) mass is 319 g/mol. The zero-order valence-corrected chi connectivity index (χ0v) is 11.8. The predicted molar refractivity (Wildman–Crippen MR) is 77.7 cm³/mol. The highest BCUT2D eigenvalue weighted by Gasteiger charge is 2.00. The van der Waals surface area contributed by atoms with Crippen LogP contribution in [0.1, 0.15) is 10.4 Å². The SMILES string of the molecule is O=C(/C=C/Sc1ccccn1)c1ccc(Br)cc1. The van der Waals surface area contributed by atoms with E-state index < -0.39 is 0 Å². The molecule has 1 aromatic heterocycles. The second-order valence-electron chi connectivity index (χ2n) is 3.46. The maximum atomic E-state index is 11.8. The lowest BCUT2D eigenvalue weighted by Crippen LogP contribution is -1.92. The molecule has 0 N–H and O–H groups in total. The molecule has 0 amide bonds. The summed E-state index contributed by atoms with van der Waals surface area (Å²) >= 11 is 4.76. The molecule has 0 aliphatic rings. The van der Waals surface area contributed by atoms with E-state index in [1.54, 1.807) is 29.8 Å². The smallest absolute Gasteiger partial charge is 0.186 e. The molecule has 1 heterocycles. The number of carbonyl (C=O) groups is 1. The summed E-state index contributed by atoms with van der Waals surface area (Å²) in [5, 5.41) is 2.63. The van der Waals surface area contributed by atoms with E-state index in [2.05, 4.69) is 20.9 Å². The number of benzene rings is 1. The maximum Gasteiger partial charge on any atom is 0.186 e. The molecule has 0 aliphatic carbocycles. The van der Waals surface area contributed by atoms with Crippen molar-refractivity contribution in [3.8, 4) is 0 Å². The van der Waals surface area contributed by atoms with E-state index in [9.17, 15) is 4.79 Å². The van der Waals surface area contributed by atoms with Crippen LogP contribution in [0.15, 0.2) is 69.6 Å². The molecule has 18 heavy (non-hydrogen) atoms. The molecular formula is C14H10BrNOS. The van der Waals surface area contributed by atoms with E-state index in [1.165, 1.54) is 11.8 Å². The fourth-order valence-corrected chi connectivity index (χ4v) is 2.17. The van der Waals surface area contributed by atoms with Crippen LogP contribution in [-0.4, -0.2) is 10.8 Å². The van der Waals surface area contributed by atoms with Crippen molar-refractivity contribution in [2.45, 2.75) is 5.03 Å². The summed E-state index contributed by atoms with van der Waals surface area (Å²) in [6.45, 7) is 0. The lowest BCUT2D eigenvalue weighted by atomic mass is 10.1. The van der Waals surface area contributed by atoms with Gasteiger partial charge in [0.1, 0.15) is 5.03 Å². The third-order valence-corrected chi connectivity index (χ3v) is 3.46. The summed E-state index contributed by atoms with van der Waals surface area (Å²) < 4.78 is 0.964. The Kier molecular flexibility index (Phi) is 4.73. The molecule has 0 saturated carbocycles. The van der Waals surface area contributed by atoms with Gasteiger partial charge in [-0.15, -0.1) is 0 Å². The number of hydrogen-bond donors (Lipinski definition) is 0. The predicted octanol–water partition coefficient (Wildman–Crippen LogP) is 4.33. The Morgan fingerprint density at radius 1 is 1.17 bits per heavy atom. The number of hydrogen-bond acceptors (Lipinski definition) is 3. The molecule has 0 saturated heterocycles. The Balaban J connectivity index is 1.97. The molecule has 0 fully saturated rings. The van der Waals surface area contributed by atoms with Crippen LogP contribution < -0.4 is 0 Å². The highest BCUT2D eigenvalue weighted by Crippen LogP contribution is 2.16. The van der Waals surface area contributed by atoms with Gasteiger partial charge < -0.3 is 0 Å². The minimum absolute atomic E-state index is 0.00840. The highest BCUT2D eigenvalue weighted by molar-refractivity contribution is 9.10. The standard InChI is InChI=1S/C14H10BrNOS/c15-12-6-4-11(5-7-12)13(17)8-10-18-14-3-1-2-9-16-14/h1-10H/b10-8+. The third-order valence-electron chi connectivity index (χ3n) is 2.17. The number of nitrogens with zero attached hydrogens (tertiary/aromatic N) is 1. The average Bonchev–Trinajstić information content (AvgIpc) is 2.40. The molecule has 2 nitrogen and oxygen atoms in total. The Morgan fingerprint density at radius 3 is 2.61 bits per heavy atom. The van der Waals surface area contributed by atoms with Crippen LogP contribution in [0.25, 0.3) is 0 Å². The second kappa shape index (κ2) is 6.52. The van der Waals surface area contributed by atoms with Gasteiger partial charge in [-0.2, -0.15) is 0 Å². The number of carbonyl (C=O) groups excluding carboxylic acids is 1. The Morgan fingerprint density at radius 2 is 1.94 bits per heavy atom. The minimum atomic E-state index is -0.00840. The van der Waals surface area contributed by atoms with Crippen LogP contribution in [0.4, 0.5) is 0 Å². The van der Waals surface area contributed by atoms with E-state index in [0.29, 0.717) is 5.56 Å². The number of rotatable bonds is 4. The van der Waals surface area contributed by atoms with Crippen molar-refractivity contribution in [2.24, 2.45) is 0 Å². The summed E-state index contributed by atoms with van der Waals surface area (Å²) in [7, 11) is 0. The molecule has 0 atom stereocenters. The fourth-order valence-electron chi connectivity index (χ4n) is 1.29. The summed E-state index contributed by atoms with van der Waals surface area (Å²) in [5.41, 5.74) is 0.677. The molecule has 2 aromatic rings. The average molecular weight is 320 g/mol. The Hall–Kier alpha value is -1.39. The second-order valence-corrected chi connectivity index (χ2v) is 5.30. The molecule has 90 valence electrons. The molecule has 0 aliphatic heterocycles. The van der Waals surface area contributed by atoms with E-state index in [4.69, 9.17) is 0 Å². The zero-order chi connectivity index (χ0) is 12.8. The van der Waals surface area contributed by atoms with Crippen LogP contribution in [0, 0.1) is 0 Å². The van der Waals surface area contributed by atoms with Crippen molar-refractivity contribution < 1.29 is 4.79 Å². The van der Waals surface area contributed by atoms with Gasteiger partial charge in [-0.1, -0.05) is 33.8 Å². The maximum absolute atomic E-state index is 11.8. The summed E-state index contributed by atoms with van der Waals surface area (Å²) in [5.74, 6) is -0.00840. The molecule has 0 unspecified atom stereocenters. The first kappa shape index (κ1) is 13.1. The molecule has 0 radical (unpaired) electrons. The van der Waals surface area contributed by atoms with E-state index in [1.807, 2.05) is 30.3 Å². The number of aromatic nitrogens is 1. The number of ketones is 1. The first-order valence-corrected chi connectivity index (χ1v) is 6.97. The van der Waals surface area contributed by atoms with Gasteiger partial charge in [0.2, 0.25) is 0 Å². The Labute approximate surface area is 118 Å². The number of pyridine rings is 1. The molecule has 0 bridgehead atoms. The highest BCUT2D eigenvalue weighted by atomic mass is 79.9. The summed E-state index contributed by atoms with van der Waals surface area (Å²) in [4.78, 5) is 16.0. The molecule has 0 spiro atoms. The molecule has 4 heteroatoms. The van der Waals surface area contributed by atoms with Crippen molar-refractivity contribution in [3.63, 3.8) is 0 Å². The minimum Gasteiger partial charge on any atom is -0.289 e. The molecule has 2 rings (SSSR count). The number of allylic oxidation sites excluding steroid dienone is 1. The van der Waals surface area contributed by atoms with Gasteiger partial charge in [0, 0.05) is 16.2 Å². The van der Waals surface area contributed by atoms with Crippen LogP contribution in [0.5, 0.6) is 0 Å². The van der Waals surface area contributed by atoms with Gasteiger partial charge in [-0.25, -0.2) is 4.98 Å². The van der Waals surface area contributed by atoms with Crippen LogP contribution in [0.2, 0.25) is 0 Å². The van der Waals surface area contributed by atoms with Crippen LogP contribution >= 0.6 is 27.7 Å². The van der Waals surface area contributed by atoms with Gasteiger partial charge in [-0.3, -0.25) is 4.79 Å². The normalized spacial score (nSPS) is 10.7. The van der Waals surface area contributed by atoms with Crippen molar-refractivity contribution >= 4 is 33.5 Å². The third kappa shape index (κ3) is 3.82. The van der Waals surface area contributed by atoms with Crippen molar-refractivity contribution in [1.29, 1.82) is 0 Å². The lowest BCUT2D eigenvalue weighted by Gasteiger charge is -1.96. The first-order chi connectivity index (χ1) is 8.75. The Bertz CT molecular complexity index is 552.